The Morgan fingerprint density at radius 3 is 2.19 bits per heavy atom. The van der Waals surface area contributed by atoms with Crippen LogP contribution < -0.4 is 5.32 Å². The van der Waals surface area contributed by atoms with Crippen LogP contribution in [0, 0.1) is 5.92 Å². The van der Waals surface area contributed by atoms with Gasteiger partial charge in [-0.05, 0) is 55.6 Å². The minimum Gasteiger partial charge on any atom is -0.307 e. The van der Waals surface area contributed by atoms with E-state index >= 15 is 0 Å². The Hall–Kier alpha value is -0.820. The standard InChI is InChI=1S/C20H33N/c1-4-7-17-10-14-19(15-11-17)21-20(6-3)18-12-8-16(5-2)9-13-18/h8-9,12-13,17,19-21H,4-7,10-11,14-15H2,1-3H3. The van der Waals surface area contributed by atoms with Gasteiger partial charge in [-0.2, -0.15) is 0 Å². The number of hydrogen-bond donors (Lipinski definition) is 1. The second-order valence-corrected chi connectivity index (χ2v) is 6.73. The first-order valence-corrected chi connectivity index (χ1v) is 9.11. The van der Waals surface area contributed by atoms with E-state index in [1.165, 1.54) is 56.1 Å². The fourth-order valence-corrected chi connectivity index (χ4v) is 3.75. The molecule has 1 saturated carbocycles. The van der Waals surface area contributed by atoms with Crippen LogP contribution in [-0.4, -0.2) is 6.04 Å². The van der Waals surface area contributed by atoms with Crippen LogP contribution in [0.4, 0.5) is 0 Å². The fraction of sp³-hybridized carbons (Fsp3) is 0.700. The Morgan fingerprint density at radius 1 is 1.00 bits per heavy atom. The van der Waals surface area contributed by atoms with E-state index in [-0.39, 0.29) is 0 Å². The topological polar surface area (TPSA) is 12.0 Å². The molecule has 0 saturated heterocycles. The molecule has 0 amide bonds. The van der Waals surface area contributed by atoms with Crippen molar-refractivity contribution < 1.29 is 0 Å². The zero-order valence-corrected chi connectivity index (χ0v) is 14.2. The summed E-state index contributed by atoms with van der Waals surface area (Å²) in [5.74, 6) is 0.997. The average molecular weight is 287 g/mol. The molecule has 2 rings (SSSR count). The molecular formula is C20H33N. The second kappa shape index (κ2) is 8.58. The molecule has 118 valence electrons. The van der Waals surface area contributed by atoms with Gasteiger partial charge in [-0.1, -0.05) is 57.9 Å². The molecule has 0 bridgehead atoms. The Kier molecular flexibility index (Phi) is 6.76. The summed E-state index contributed by atoms with van der Waals surface area (Å²) in [5, 5.41) is 3.92. The molecule has 1 fully saturated rings. The van der Waals surface area contributed by atoms with Crippen molar-refractivity contribution in [3.05, 3.63) is 35.4 Å². The first-order chi connectivity index (χ1) is 10.3. The maximum Gasteiger partial charge on any atom is 0.0320 e. The van der Waals surface area contributed by atoms with E-state index in [0.29, 0.717) is 6.04 Å². The highest BCUT2D eigenvalue weighted by Crippen LogP contribution is 2.29. The molecule has 1 aliphatic rings. The SMILES string of the molecule is CCCC1CCC(NC(CC)c2ccc(CC)cc2)CC1. The van der Waals surface area contributed by atoms with Gasteiger partial charge in [0.2, 0.25) is 0 Å². The highest BCUT2D eigenvalue weighted by molar-refractivity contribution is 5.25. The summed E-state index contributed by atoms with van der Waals surface area (Å²) in [5.41, 5.74) is 2.90. The number of benzene rings is 1. The first kappa shape index (κ1) is 16.5. The zero-order valence-electron chi connectivity index (χ0n) is 14.2. The third-order valence-electron chi connectivity index (χ3n) is 5.18. The van der Waals surface area contributed by atoms with Crippen molar-refractivity contribution in [3.8, 4) is 0 Å². The largest absolute Gasteiger partial charge is 0.307 e. The van der Waals surface area contributed by atoms with Crippen LogP contribution >= 0.6 is 0 Å². The van der Waals surface area contributed by atoms with Crippen molar-refractivity contribution in [1.29, 1.82) is 0 Å². The summed E-state index contributed by atoms with van der Waals surface area (Å²) < 4.78 is 0. The summed E-state index contributed by atoms with van der Waals surface area (Å²) in [4.78, 5) is 0. The number of nitrogens with one attached hydrogen (secondary N) is 1. The third-order valence-corrected chi connectivity index (χ3v) is 5.18. The Balaban J connectivity index is 1.87. The minimum atomic E-state index is 0.531. The van der Waals surface area contributed by atoms with Crippen LogP contribution in [0.15, 0.2) is 24.3 Å². The first-order valence-electron chi connectivity index (χ1n) is 9.11. The number of rotatable bonds is 7. The maximum absolute atomic E-state index is 3.92. The van der Waals surface area contributed by atoms with Crippen LogP contribution in [0.3, 0.4) is 0 Å². The molecule has 21 heavy (non-hydrogen) atoms. The fourth-order valence-electron chi connectivity index (χ4n) is 3.75. The third kappa shape index (κ3) is 4.85. The summed E-state index contributed by atoms with van der Waals surface area (Å²) in [6.45, 7) is 6.84. The number of hydrogen-bond acceptors (Lipinski definition) is 1. The smallest absolute Gasteiger partial charge is 0.0320 e. The lowest BCUT2D eigenvalue weighted by atomic mass is 9.83. The quantitative estimate of drug-likeness (QED) is 0.683. The van der Waals surface area contributed by atoms with Crippen molar-refractivity contribution in [1.82, 2.24) is 5.32 Å². The summed E-state index contributed by atoms with van der Waals surface area (Å²) in [6.07, 6.45) is 10.7. The lowest BCUT2D eigenvalue weighted by Gasteiger charge is -2.32. The van der Waals surface area contributed by atoms with E-state index in [2.05, 4.69) is 50.4 Å². The summed E-state index contributed by atoms with van der Waals surface area (Å²) in [7, 11) is 0. The summed E-state index contributed by atoms with van der Waals surface area (Å²) >= 11 is 0. The van der Waals surface area contributed by atoms with E-state index in [9.17, 15) is 0 Å². The van der Waals surface area contributed by atoms with Crippen molar-refractivity contribution in [2.45, 2.75) is 84.2 Å². The van der Waals surface area contributed by atoms with Crippen molar-refractivity contribution >= 4 is 0 Å². The van der Waals surface area contributed by atoms with Crippen LogP contribution in [0.1, 0.15) is 82.9 Å². The number of aryl methyl sites for hydroxylation is 1. The Bertz CT molecular complexity index is 387. The predicted octanol–water partition coefficient (Wildman–Crippen LogP) is 5.65. The van der Waals surface area contributed by atoms with Crippen LogP contribution in [-0.2, 0) is 6.42 Å². The van der Waals surface area contributed by atoms with Gasteiger partial charge in [-0.25, -0.2) is 0 Å². The molecule has 0 aliphatic heterocycles. The summed E-state index contributed by atoms with van der Waals surface area (Å²) in [6, 6.07) is 10.5. The lowest BCUT2D eigenvalue weighted by Crippen LogP contribution is -2.35. The van der Waals surface area contributed by atoms with Crippen LogP contribution in [0.25, 0.3) is 0 Å². The Morgan fingerprint density at radius 2 is 1.67 bits per heavy atom. The van der Waals surface area contributed by atoms with E-state index in [1.54, 1.807) is 0 Å². The van der Waals surface area contributed by atoms with Gasteiger partial charge in [0, 0.05) is 12.1 Å². The van der Waals surface area contributed by atoms with E-state index < -0.39 is 0 Å². The molecule has 1 aliphatic carbocycles. The maximum atomic E-state index is 3.92. The van der Waals surface area contributed by atoms with Crippen LogP contribution in [0.2, 0.25) is 0 Å². The minimum absolute atomic E-state index is 0.531. The predicted molar refractivity (Wildman–Crippen MR) is 92.6 cm³/mol. The lowest BCUT2D eigenvalue weighted by molar-refractivity contribution is 0.261. The van der Waals surface area contributed by atoms with Gasteiger partial charge in [0.1, 0.15) is 0 Å². The molecule has 0 spiro atoms. The van der Waals surface area contributed by atoms with Gasteiger partial charge < -0.3 is 5.32 Å². The van der Waals surface area contributed by atoms with Gasteiger partial charge in [0.05, 0.1) is 0 Å². The molecule has 0 heterocycles. The Labute approximate surface area is 131 Å². The highest BCUT2D eigenvalue weighted by Gasteiger charge is 2.22. The molecular weight excluding hydrogens is 254 g/mol. The van der Waals surface area contributed by atoms with Crippen molar-refractivity contribution in [3.63, 3.8) is 0 Å². The molecule has 1 aromatic rings. The molecule has 1 aromatic carbocycles. The van der Waals surface area contributed by atoms with E-state index in [0.717, 1.165) is 18.4 Å². The zero-order chi connectivity index (χ0) is 15.1. The van der Waals surface area contributed by atoms with Gasteiger partial charge in [0.15, 0.2) is 0 Å². The van der Waals surface area contributed by atoms with Crippen LogP contribution in [0.5, 0.6) is 0 Å². The van der Waals surface area contributed by atoms with E-state index in [1.807, 2.05) is 0 Å². The molecule has 0 aromatic heterocycles. The molecule has 1 unspecified atom stereocenters. The van der Waals surface area contributed by atoms with Gasteiger partial charge >= 0.3 is 0 Å². The highest BCUT2D eigenvalue weighted by atomic mass is 14.9. The molecule has 0 radical (unpaired) electrons. The van der Waals surface area contributed by atoms with Crippen molar-refractivity contribution in [2.75, 3.05) is 0 Å². The molecule has 1 N–H and O–H groups in total. The van der Waals surface area contributed by atoms with Gasteiger partial charge in [0.25, 0.3) is 0 Å². The monoisotopic (exact) mass is 287 g/mol. The second-order valence-electron chi connectivity index (χ2n) is 6.73. The molecule has 1 nitrogen and oxygen atoms in total. The van der Waals surface area contributed by atoms with E-state index in [4.69, 9.17) is 0 Å². The van der Waals surface area contributed by atoms with Gasteiger partial charge in [-0.3, -0.25) is 0 Å². The van der Waals surface area contributed by atoms with Crippen molar-refractivity contribution in [2.24, 2.45) is 5.92 Å². The average Bonchev–Trinajstić information content (AvgIpc) is 2.54. The molecule has 1 atom stereocenters. The van der Waals surface area contributed by atoms with Gasteiger partial charge in [-0.15, -0.1) is 0 Å². The normalized spacial score (nSPS) is 24.0. The molecule has 1 heteroatoms.